The van der Waals surface area contributed by atoms with Crippen molar-refractivity contribution < 1.29 is 18.3 Å². The molecule has 0 aromatic heterocycles. The summed E-state index contributed by atoms with van der Waals surface area (Å²) < 4.78 is 21.4. The summed E-state index contributed by atoms with van der Waals surface area (Å²) in [6.45, 7) is 1.87. The lowest BCUT2D eigenvalue weighted by Gasteiger charge is -2.09. The third-order valence-corrected chi connectivity index (χ3v) is 3.40. The van der Waals surface area contributed by atoms with Gasteiger partial charge in [-0.05, 0) is 31.0 Å². The van der Waals surface area contributed by atoms with Crippen LogP contribution in [0.5, 0.6) is 0 Å². The van der Waals surface area contributed by atoms with Gasteiger partial charge < -0.3 is 15.7 Å². The van der Waals surface area contributed by atoms with Gasteiger partial charge in [0.15, 0.2) is 0 Å². The molecule has 112 valence electrons. The van der Waals surface area contributed by atoms with Gasteiger partial charge in [-0.1, -0.05) is 12.1 Å². The van der Waals surface area contributed by atoms with E-state index in [-0.39, 0.29) is 18.7 Å². The second-order valence-corrected chi connectivity index (χ2v) is 6.13. The molecule has 1 rings (SSSR count). The Hall–Kier alpha value is -1.64. The maximum atomic E-state index is 11.5. The number of rotatable bonds is 6. The molecule has 1 aromatic rings. The Balaban J connectivity index is 2.35. The highest BCUT2D eigenvalue weighted by Gasteiger charge is 2.05. The van der Waals surface area contributed by atoms with Crippen molar-refractivity contribution in [2.24, 2.45) is 5.14 Å². The number of hydrogen-bond donors (Lipinski definition) is 4. The molecule has 20 heavy (non-hydrogen) atoms. The normalized spacial score (nSPS) is 12.8. The SMILES string of the molecule is CC(O)c1ccc(NC(=O)NCCCS(N)(=O)=O)cc1. The molecule has 0 fully saturated rings. The molecule has 8 heteroatoms. The molecule has 0 aliphatic carbocycles. The molecular formula is C12H19N3O4S. The number of aliphatic hydroxyl groups excluding tert-OH is 1. The number of carbonyl (C=O) groups excluding carboxylic acids is 1. The molecule has 2 amide bonds. The van der Waals surface area contributed by atoms with Gasteiger partial charge in [-0.2, -0.15) is 0 Å². The van der Waals surface area contributed by atoms with E-state index in [1.54, 1.807) is 31.2 Å². The summed E-state index contributed by atoms with van der Waals surface area (Å²) in [5, 5.41) is 19.3. The highest BCUT2D eigenvalue weighted by molar-refractivity contribution is 7.89. The molecule has 0 saturated carbocycles. The van der Waals surface area contributed by atoms with Gasteiger partial charge >= 0.3 is 6.03 Å². The van der Waals surface area contributed by atoms with Crippen LogP contribution < -0.4 is 15.8 Å². The van der Waals surface area contributed by atoms with E-state index in [0.717, 1.165) is 5.56 Å². The number of anilines is 1. The fourth-order valence-electron chi connectivity index (χ4n) is 1.50. The van der Waals surface area contributed by atoms with Gasteiger partial charge in [-0.15, -0.1) is 0 Å². The molecule has 0 heterocycles. The van der Waals surface area contributed by atoms with Crippen molar-refractivity contribution in [1.29, 1.82) is 0 Å². The second kappa shape index (κ2) is 7.22. The van der Waals surface area contributed by atoms with Crippen LogP contribution in [0.3, 0.4) is 0 Å². The Morgan fingerprint density at radius 2 is 1.95 bits per heavy atom. The van der Waals surface area contributed by atoms with Crippen molar-refractivity contribution >= 4 is 21.7 Å². The van der Waals surface area contributed by atoms with Crippen molar-refractivity contribution in [3.05, 3.63) is 29.8 Å². The zero-order valence-electron chi connectivity index (χ0n) is 11.2. The molecule has 0 aliphatic heterocycles. The van der Waals surface area contributed by atoms with Gasteiger partial charge in [0.1, 0.15) is 0 Å². The quantitative estimate of drug-likeness (QED) is 0.573. The number of benzene rings is 1. The maximum absolute atomic E-state index is 11.5. The number of nitrogens with two attached hydrogens (primary N) is 1. The minimum absolute atomic E-state index is 0.170. The molecular weight excluding hydrogens is 282 g/mol. The van der Waals surface area contributed by atoms with Crippen molar-refractivity contribution in [3.8, 4) is 0 Å². The maximum Gasteiger partial charge on any atom is 0.319 e. The monoisotopic (exact) mass is 301 g/mol. The first-order chi connectivity index (χ1) is 9.28. The van der Waals surface area contributed by atoms with Crippen molar-refractivity contribution in [2.45, 2.75) is 19.4 Å². The molecule has 0 spiro atoms. The summed E-state index contributed by atoms with van der Waals surface area (Å²) in [6.07, 6.45) is -0.302. The molecule has 0 radical (unpaired) electrons. The van der Waals surface area contributed by atoms with E-state index in [0.29, 0.717) is 5.69 Å². The topological polar surface area (TPSA) is 122 Å². The van der Waals surface area contributed by atoms with E-state index in [1.165, 1.54) is 0 Å². The van der Waals surface area contributed by atoms with Gasteiger partial charge in [0.2, 0.25) is 10.0 Å². The predicted molar refractivity (Wildman–Crippen MR) is 76.7 cm³/mol. The van der Waals surface area contributed by atoms with E-state index >= 15 is 0 Å². The lowest BCUT2D eigenvalue weighted by Crippen LogP contribution is -2.31. The number of hydrogen-bond acceptors (Lipinski definition) is 4. The van der Waals surface area contributed by atoms with E-state index in [4.69, 9.17) is 5.14 Å². The fourth-order valence-corrected chi connectivity index (χ4v) is 2.04. The third kappa shape index (κ3) is 6.50. The molecule has 0 saturated heterocycles. The minimum Gasteiger partial charge on any atom is -0.389 e. The summed E-state index contributed by atoms with van der Waals surface area (Å²) in [7, 11) is -3.49. The largest absolute Gasteiger partial charge is 0.389 e. The van der Waals surface area contributed by atoms with Crippen molar-refractivity contribution in [1.82, 2.24) is 5.32 Å². The van der Waals surface area contributed by atoms with Crippen LogP contribution in [0.25, 0.3) is 0 Å². The fraction of sp³-hybridized carbons (Fsp3) is 0.417. The number of sulfonamides is 1. The third-order valence-electron chi connectivity index (χ3n) is 2.54. The van der Waals surface area contributed by atoms with Crippen LogP contribution in [0.2, 0.25) is 0 Å². The summed E-state index contributed by atoms with van der Waals surface area (Å²) >= 11 is 0. The Bertz CT molecular complexity index is 540. The Morgan fingerprint density at radius 1 is 1.35 bits per heavy atom. The first-order valence-electron chi connectivity index (χ1n) is 6.11. The van der Waals surface area contributed by atoms with Crippen LogP contribution in [0.1, 0.15) is 25.0 Å². The molecule has 5 N–H and O–H groups in total. The van der Waals surface area contributed by atoms with E-state index in [2.05, 4.69) is 10.6 Å². The number of amides is 2. The number of carbonyl (C=O) groups is 1. The van der Waals surface area contributed by atoms with Crippen LogP contribution in [0, 0.1) is 0 Å². The van der Waals surface area contributed by atoms with Crippen LogP contribution in [-0.4, -0.2) is 31.9 Å². The number of primary sulfonamides is 1. The lowest BCUT2D eigenvalue weighted by molar-refractivity contribution is 0.199. The number of aliphatic hydroxyl groups is 1. The zero-order chi connectivity index (χ0) is 15.2. The first kappa shape index (κ1) is 16.4. The molecule has 1 unspecified atom stereocenters. The van der Waals surface area contributed by atoms with Crippen LogP contribution in [0.4, 0.5) is 10.5 Å². The van der Waals surface area contributed by atoms with E-state index in [1.807, 2.05) is 0 Å². The lowest BCUT2D eigenvalue weighted by atomic mass is 10.1. The first-order valence-corrected chi connectivity index (χ1v) is 7.83. The average molecular weight is 301 g/mol. The summed E-state index contributed by atoms with van der Waals surface area (Å²) in [4.78, 5) is 11.5. The van der Waals surface area contributed by atoms with Crippen molar-refractivity contribution in [3.63, 3.8) is 0 Å². The van der Waals surface area contributed by atoms with Gasteiger partial charge in [0, 0.05) is 12.2 Å². The molecule has 0 aliphatic rings. The minimum atomic E-state index is -3.49. The summed E-state index contributed by atoms with van der Waals surface area (Å²) in [6, 6.07) is 6.34. The van der Waals surface area contributed by atoms with Crippen molar-refractivity contribution in [2.75, 3.05) is 17.6 Å². The zero-order valence-corrected chi connectivity index (χ0v) is 12.0. The van der Waals surface area contributed by atoms with Crippen LogP contribution in [0.15, 0.2) is 24.3 Å². The summed E-state index contributed by atoms with van der Waals surface area (Å²) in [5.74, 6) is -0.170. The van der Waals surface area contributed by atoms with Crippen LogP contribution in [-0.2, 0) is 10.0 Å². The standard InChI is InChI=1S/C12H19N3O4S/c1-9(16)10-3-5-11(6-4-10)15-12(17)14-7-2-8-20(13,18)19/h3-6,9,16H,2,7-8H2,1H3,(H2,13,18,19)(H2,14,15,17). The average Bonchev–Trinajstić information content (AvgIpc) is 2.34. The molecule has 7 nitrogen and oxygen atoms in total. The second-order valence-electron chi connectivity index (χ2n) is 4.40. The van der Waals surface area contributed by atoms with E-state index < -0.39 is 22.2 Å². The number of nitrogens with one attached hydrogen (secondary N) is 2. The summed E-state index contributed by atoms with van der Waals surface area (Å²) in [5.41, 5.74) is 1.34. The predicted octanol–water partition coefficient (Wildman–Crippen LogP) is 0.540. The Morgan fingerprint density at radius 3 is 2.45 bits per heavy atom. The van der Waals surface area contributed by atoms with Crippen LogP contribution >= 0.6 is 0 Å². The highest BCUT2D eigenvalue weighted by Crippen LogP contribution is 2.15. The van der Waals surface area contributed by atoms with Gasteiger partial charge in [-0.25, -0.2) is 18.4 Å². The Labute approximate surface area is 118 Å². The highest BCUT2D eigenvalue weighted by atomic mass is 32.2. The van der Waals surface area contributed by atoms with Gasteiger partial charge in [0.05, 0.1) is 11.9 Å². The van der Waals surface area contributed by atoms with Gasteiger partial charge in [-0.3, -0.25) is 0 Å². The molecule has 1 aromatic carbocycles. The van der Waals surface area contributed by atoms with E-state index in [9.17, 15) is 18.3 Å². The molecule has 1 atom stereocenters. The molecule has 0 bridgehead atoms. The number of urea groups is 1. The van der Waals surface area contributed by atoms with Gasteiger partial charge in [0.25, 0.3) is 0 Å². The Kier molecular flexibility index (Phi) is 5.93. The smallest absolute Gasteiger partial charge is 0.319 e.